The molecule has 1 aromatic carbocycles. The zero-order chi connectivity index (χ0) is 23.3. The fourth-order valence-corrected chi connectivity index (χ4v) is 4.19. The SMILES string of the molecule is CC(NC(=O)C1CCN(c2ccc3nncn3n2)CC1)c1cccc(OCc2ccccn2)c1. The van der Waals surface area contributed by atoms with Crippen molar-refractivity contribution in [3.8, 4) is 5.75 Å². The maximum Gasteiger partial charge on any atom is 0.223 e. The van der Waals surface area contributed by atoms with E-state index in [2.05, 4.69) is 30.5 Å². The van der Waals surface area contributed by atoms with Crippen molar-refractivity contribution in [3.05, 3.63) is 78.4 Å². The lowest BCUT2D eigenvalue weighted by Gasteiger charge is -2.32. The van der Waals surface area contributed by atoms with Crippen LogP contribution in [0.15, 0.2) is 67.1 Å². The molecule has 1 aliphatic rings. The lowest BCUT2D eigenvalue weighted by atomic mass is 9.95. The maximum absolute atomic E-state index is 13.0. The van der Waals surface area contributed by atoms with Crippen LogP contribution in [0.5, 0.6) is 5.75 Å². The van der Waals surface area contributed by atoms with Crippen LogP contribution in [0.4, 0.5) is 5.82 Å². The quantitative estimate of drug-likeness (QED) is 0.455. The van der Waals surface area contributed by atoms with Gasteiger partial charge in [-0.05, 0) is 61.7 Å². The molecule has 1 unspecified atom stereocenters. The van der Waals surface area contributed by atoms with Gasteiger partial charge >= 0.3 is 0 Å². The Bertz CT molecular complexity index is 1250. The minimum atomic E-state index is -0.109. The van der Waals surface area contributed by atoms with Gasteiger partial charge in [0.2, 0.25) is 5.91 Å². The number of carbonyl (C=O) groups is 1. The number of hydrogen-bond donors (Lipinski definition) is 1. The number of anilines is 1. The van der Waals surface area contributed by atoms with E-state index < -0.39 is 0 Å². The highest BCUT2D eigenvalue weighted by Gasteiger charge is 2.27. The van der Waals surface area contributed by atoms with Gasteiger partial charge in [-0.25, -0.2) is 0 Å². The van der Waals surface area contributed by atoms with E-state index in [1.807, 2.05) is 61.5 Å². The van der Waals surface area contributed by atoms with E-state index >= 15 is 0 Å². The van der Waals surface area contributed by atoms with Crippen molar-refractivity contribution in [3.63, 3.8) is 0 Å². The number of carbonyl (C=O) groups excluding carboxylic acids is 1. The molecule has 1 aliphatic heterocycles. The molecule has 1 atom stereocenters. The fraction of sp³-hybridized carbons (Fsp3) is 0.320. The van der Waals surface area contributed by atoms with E-state index in [4.69, 9.17) is 4.74 Å². The molecule has 3 aromatic heterocycles. The Morgan fingerprint density at radius 2 is 2.03 bits per heavy atom. The van der Waals surface area contributed by atoms with E-state index in [1.54, 1.807) is 17.0 Å². The molecule has 5 rings (SSSR count). The third kappa shape index (κ3) is 4.98. The Kier molecular flexibility index (Phi) is 6.33. The molecule has 9 nitrogen and oxygen atoms in total. The first-order chi connectivity index (χ1) is 16.7. The van der Waals surface area contributed by atoms with Crippen molar-refractivity contribution in [1.82, 2.24) is 30.1 Å². The molecule has 34 heavy (non-hydrogen) atoms. The molecule has 1 amide bonds. The molecule has 9 heteroatoms. The predicted molar refractivity (Wildman–Crippen MR) is 127 cm³/mol. The van der Waals surface area contributed by atoms with Crippen molar-refractivity contribution in [2.75, 3.05) is 18.0 Å². The van der Waals surface area contributed by atoms with Gasteiger partial charge in [0.05, 0.1) is 11.7 Å². The summed E-state index contributed by atoms with van der Waals surface area (Å²) >= 11 is 0. The van der Waals surface area contributed by atoms with Crippen LogP contribution in [0, 0.1) is 5.92 Å². The second-order valence-electron chi connectivity index (χ2n) is 8.50. The highest BCUT2D eigenvalue weighted by Crippen LogP contribution is 2.24. The molecule has 1 N–H and O–H groups in total. The van der Waals surface area contributed by atoms with Gasteiger partial charge in [-0.2, -0.15) is 4.52 Å². The fourth-order valence-electron chi connectivity index (χ4n) is 4.19. The molecule has 1 saturated heterocycles. The first kappa shape index (κ1) is 21.8. The zero-order valence-corrected chi connectivity index (χ0v) is 19.0. The van der Waals surface area contributed by atoms with Crippen molar-refractivity contribution < 1.29 is 9.53 Å². The molecule has 0 aliphatic carbocycles. The van der Waals surface area contributed by atoms with Gasteiger partial charge in [-0.1, -0.05) is 18.2 Å². The zero-order valence-electron chi connectivity index (χ0n) is 19.0. The summed E-state index contributed by atoms with van der Waals surface area (Å²) in [4.78, 5) is 19.4. The molecule has 4 heterocycles. The molecular formula is C25H27N7O2. The summed E-state index contributed by atoms with van der Waals surface area (Å²) in [6.07, 6.45) is 4.92. The summed E-state index contributed by atoms with van der Waals surface area (Å²) < 4.78 is 7.55. The highest BCUT2D eigenvalue weighted by molar-refractivity contribution is 5.79. The Labute approximate surface area is 197 Å². The second kappa shape index (κ2) is 9.86. The Hall–Kier alpha value is -4.01. The molecule has 0 radical (unpaired) electrons. The molecular weight excluding hydrogens is 430 g/mol. The van der Waals surface area contributed by atoms with E-state index in [-0.39, 0.29) is 17.9 Å². The number of pyridine rings is 1. The molecule has 0 spiro atoms. The van der Waals surface area contributed by atoms with Gasteiger partial charge in [0.25, 0.3) is 0 Å². The monoisotopic (exact) mass is 457 g/mol. The Morgan fingerprint density at radius 3 is 2.85 bits per heavy atom. The van der Waals surface area contributed by atoms with Crippen molar-refractivity contribution in [2.45, 2.75) is 32.4 Å². The average Bonchev–Trinajstić information content (AvgIpc) is 3.36. The number of amides is 1. The summed E-state index contributed by atoms with van der Waals surface area (Å²) in [5.74, 6) is 1.72. The van der Waals surface area contributed by atoms with Crippen molar-refractivity contribution in [1.29, 1.82) is 0 Å². The van der Waals surface area contributed by atoms with Gasteiger partial charge in [-0.3, -0.25) is 9.78 Å². The van der Waals surface area contributed by atoms with Crippen molar-refractivity contribution >= 4 is 17.4 Å². The van der Waals surface area contributed by atoms with Crippen LogP contribution < -0.4 is 15.0 Å². The summed E-state index contributed by atoms with van der Waals surface area (Å²) in [7, 11) is 0. The lowest BCUT2D eigenvalue weighted by molar-refractivity contribution is -0.126. The number of ether oxygens (including phenoxy) is 1. The molecule has 0 bridgehead atoms. The smallest absolute Gasteiger partial charge is 0.223 e. The number of rotatable bonds is 7. The van der Waals surface area contributed by atoms with E-state index in [1.165, 1.54) is 0 Å². The number of aromatic nitrogens is 5. The van der Waals surface area contributed by atoms with E-state index in [9.17, 15) is 4.79 Å². The number of hydrogen-bond acceptors (Lipinski definition) is 7. The van der Waals surface area contributed by atoms with Crippen LogP contribution in [-0.4, -0.2) is 43.8 Å². The van der Waals surface area contributed by atoms with Crippen LogP contribution in [-0.2, 0) is 11.4 Å². The highest BCUT2D eigenvalue weighted by atomic mass is 16.5. The number of nitrogens with one attached hydrogen (secondary N) is 1. The van der Waals surface area contributed by atoms with Gasteiger partial charge < -0.3 is 15.0 Å². The lowest BCUT2D eigenvalue weighted by Crippen LogP contribution is -2.41. The standard InChI is InChI=1S/C25H27N7O2/c1-18(20-5-4-7-22(15-20)34-16-21-6-2-3-12-26-21)28-25(33)19-10-13-31(14-11-19)24-9-8-23-29-27-17-32(23)30-24/h2-9,12,15,17-19H,10-11,13-14,16H2,1H3,(H,28,33). The second-order valence-corrected chi connectivity index (χ2v) is 8.50. The Morgan fingerprint density at radius 1 is 1.15 bits per heavy atom. The predicted octanol–water partition coefficient (Wildman–Crippen LogP) is 3.19. The molecule has 4 aromatic rings. The summed E-state index contributed by atoms with van der Waals surface area (Å²) in [6, 6.07) is 17.4. The van der Waals surface area contributed by atoms with Crippen LogP contribution in [0.1, 0.15) is 37.1 Å². The van der Waals surface area contributed by atoms with E-state index in [0.717, 1.165) is 54.4 Å². The molecule has 174 valence electrons. The van der Waals surface area contributed by atoms with Gasteiger partial charge in [0.15, 0.2) is 5.65 Å². The minimum Gasteiger partial charge on any atom is -0.487 e. The minimum absolute atomic E-state index is 0.0130. The number of benzene rings is 1. The summed E-state index contributed by atoms with van der Waals surface area (Å²) in [6.45, 7) is 3.97. The largest absolute Gasteiger partial charge is 0.487 e. The average molecular weight is 458 g/mol. The number of piperidine rings is 1. The number of fused-ring (bicyclic) bond motifs is 1. The van der Waals surface area contributed by atoms with Crippen LogP contribution in [0.25, 0.3) is 5.65 Å². The maximum atomic E-state index is 13.0. The topological polar surface area (TPSA) is 97.5 Å². The number of nitrogens with zero attached hydrogens (tertiary/aromatic N) is 6. The van der Waals surface area contributed by atoms with E-state index in [0.29, 0.717) is 6.61 Å². The Balaban J connectivity index is 1.14. The van der Waals surface area contributed by atoms with Crippen LogP contribution >= 0.6 is 0 Å². The normalized spacial score (nSPS) is 15.3. The summed E-state index contributed by atoms with van der Waals surface area (Å²) in [5, 5.41) is 15.6. The van der Waals surface area contributed by atoms with Crippen LogP contribution in [0.3, 0.4) is 0 Å². The third-order valence-corrected chi connectivity index (χ3v) is 6.17. The first-order valence-electron chi connectivity index (χ1n) is 11.5. The van der Waals surface area contributed by atoms with Crippen molar-refractivity contribution in [2.24, 2.45) is 5.92 Å². The van der Waals surface area contributed by atoms with Gasteiger partial charge in [-0.15, -0.1) is 15.3 Å². The van der Waals surface area contributed by atoms with Gasteiger partial charge in [0, 0.05) is 25.2 Å². The molecule has 1 fully saturated rings. The third-order valence-electron chi connectivity index (χ3n) is 6.17. The van der Waals surface area contributed by atoms with Gasteiger partial charge in [0.1, 0.15) is 24.5 Å². The van der Waals surface area contributed by atoms with Crippen LogP contribution in [0.2, 0.25) is 0 Å². The first-order valence-corrected chi connectivity index (χ1v) is 11.5. The summed E-state index contributed by atoms with van der Waals surface area (Å²) in [5.41, 5.74) is 2.60. The molecule has 0 saturated carbocycles.